The van der Waals surface area contributed by atoms with Crippen molar-refractivity contribution in [1.29, 1.82) is 0 Å². The van der Waals surface area contributed by atoms with Crippen molar-refractivity contribution in [3.05, 3.63) is 24.3 Å². The van der Waals surface area contributed by atoms with Crippen molar-refractivity contribution in [2.75, 3.05) is 37.5 Å². The lowest BCUT2D eigenvalue weighted by Gasteiger charge is -2.10. The fraction of sp³-hybridized carbons (Fsp3) is 0.500. The van der Waals surface area contributed by atoms with Crippen LogP contribution in [0.2, 0.25) is 0 Å². The summed E-state index contributed by atoms with van der Waals surface area (Å²) in [6, 6.07) is 7.20. The van der Waals surface area contributed by atoms with Gasteiger partial charge in [0.2, 0.25) is 5.91 Å². The molecule has 0 saturated carbocycles. The van der Waals surface area contributed by atoms with E-state index in [4.69, 9.17) is 15.2 Å². The van der Waals surface area contributed by atoms with Crippen molar-refractivity contribution in [2.45, 2.75) is 12.8 Å². The maximum atomic E-state index is 11.7. The van der Waals surface area contributed by atoms with Gasteiger partial charge in [-0.05, 0) is 18.6 Å². The van der Waals surface area contributed by atoms with Crippen LogP contribution in [0.4, 0.5) is 11.4 Å². The van der Waals surface area contributed by atoms with E-state index in [1.807, 2.05) is 12.1 Å². The topological polar surface area (TPSA) is 73.6 Å². The van der Waals surface area contributed by atoms with Crippen molar-refractivity contribution in [3.8, 4) is 0 Å². The molecule has 1 saturated heterocycles. The molecule has 0 aliphatic carbocycles. The Morgan fingerprint density at radius 3 is 3.05 bits per heavy atom. The lowest BCUT2D eigenvalue weighted by molar-refractivity contribution is -0.117. The van der Waals surface area contributed by atoms with E-state index in [0.29, 0.717) is 36.9 Å². The molecule has 1 atom stereocenters. The molecule has 0 aromatic heterocycles. The first kappa shape index (κ1) is 13.8. The molecule has 2 rings (SSSR count). The fourth-order valence-electron chi connectivity index (χ4n) is 1.95. The summed E-state index contributed by atoms with van der Waals surface area (Å²) in [6.07, 6.45) is 1.38. The Labute approximate surface area is 113 Å². The molecular weight excluding hydrogens is 244 g/mol. The Bertz CT molecular complexity index is 417. The van der Waals surface area contributed by atoms with Gasteiger partial charge in [0.1, 0.15) is 0 Å². The molecule has 0 bridgehead atoms. The van der Waals surface area contributed by atoms with E-state index in [0.717, 1.165) is 19.6 Å². The lowest BCUT2D eigenvalue weighted by Crippen LogP contribution is -2.17. The summed E-state index contributed by atoms with van der Waals surface area (Å²) in [7, 11) is 0. The standard InChI is InChI=1S/C14H20N2O3/c15-12-3-1-2-4-13(12)16-14(17)6-8-19-10-11-5-7-18-9-11/h1-4,11H,5-10,15H2,(H,16,17). The molecule has 1 aromatic rings. The van der Waals surface area contributed by atoms with Gasteiger partial charge in [-0.25, -0.2) is 0 Å². The predicted molar refractivity (Wildman–Crippen MR) is 73.8 cm³/mol. The quantitative estimate of drug-likeness (QED) is 0.605. The minimum absolute atomic E-state index is 0.0828. The molecule has 1 amide bonds. The highest BCUT2D eigenvalue weighted by atomic mass is 16.5. The molecule has 1 aliphatic rings. The minimum atomic E-state index is -0.0828. The Morgan fingerprint density at radius 1 is 1.47 bits per heavy atom. The average molecular weight is 264 g/mol. The van der Waals surface area contributed by atoms with Gasteiger partial charge in [0.25, 0.3) is 0 Å². The van der Waals surface area contributed by atoms with Crippen LogP contribution in [0.15, 0.2) is 24.3 Å². The van der Waals surface area contributed by atoms with Gasteiger partial charge in [0.15, 0.2) is 0 Å². The van der Waals surface area contributed by atoms with Gasteiger partial charge in [-0.3, -0.25) is 4.79 Å². The summed E-state index contributed by atoms with van der Waals surface area (Å²) in [5.74, 6) is 0.397. The van der Waals surface area contributed by atoms with Gasteiger partial charge in [-0.15, -0.1) is 0 Å². The molecule has 1 fully saturated rings. The number of carbonyl (C=O) groups excluding carboxylic acids is 1. The van der Waals surface area contributed by atoms with Crippen LogP contribution in [-0.2, 0) is 14.3 Å². The Balaban J connectivity index is 1.63. The van der Waals surface area contributed by atoms with E-state index in [2.05, 4.69) is 5.32 Å². The first-order chi connectivity index (χ1) is 9.25. The number of anilines is 2. The zero-order valence-electron chi connectivity index (χ0n) is 10.9. The van der Waals surface area contributed by atoms with E-state index < -0.39 is 0 Å². The largest absolute Gasteiger partial charge is 0.397 e. The summed E-state index contributed by atoms with van der Waals surface area (Å²) >= 11 is 0. The number of hydrogen-bond acceptors (Lipinski definition) is 4. The number of nitrogens with two attached hydrogens (primary N) is 1. The number of para-hydroxylation sites is 2. The molecule has 1 unspecified atom stereocenters. The van der Waals surface area contributed by atoms with Crippen LogP contribution < -0.4 is 11.1 Å². The molecule has 5 nitrogen and oxygen atoms in total. The average Bonchev–Trinajstić information content (AvgIpc) is 2.91. The molecule has 5 heteroatoms. The molecule has 1 aliphatic heterocycles. The number of amides is 1. The highest BCUT2D eigenvalue weighted by molar-refractivity contribution is 5.93. The first-order valence-corrected chi connectivity index (χ1v) is 6.55. The number of rotatable bonds is 6. The van der Waals surface area contributed by atoms with Crippen LogP contribution in [0.3, 0.4) is 0 Å². The monoisotopic (exact) mass is 264 g/mol. The van der Waals surface area contributed by atoms with Crippen molar-refractivity contribution in [2.24, 2.45) is 5.92 Å². The van der Waals surface area contributed by atoms with Gasteiger partial charge in [0.05, 0.1) is 37.6 Å². The number of nitrogen functional groups attached to an aromatic ring is 1. The molecule has 3 N–H and O–H groups in total. The second-order valence-electron chi connectivity index (χ2n) is 4.69. The van der Waals surface area contributed by atoms with Crippen molar-refractivity contribution in [1.82, 2.24) is 0 Å². The molecule has 0 radical (unpaired) electrons. The van der Waals surface area contributed by atoms with Gasteiger partial charge in [-0.1, -0.05) is 12.1 Å². The van der Waals surface area contributed by atoms with E-state index in [-0.39, 0.29) is 5.91 Å². The van der Waals surface area contributed by atoms with E-state index in [9.17, 15) is 4.79 Å². The van der Waals surface area contributed by atoms with Crippen LogP contribution in [0.5, 0.6) is 0 Å². The Morgan fingerprint density at radius 2 is 2.32 bits per heavy atom. The molecule has 1 heterocycles. The van der Waals surface area contributed by atoms with Gasteiger partial charge in [0, 0.05) is 12.5 Å². The normalized spacial score (nSPS) is 18.4. The number of hydrogen-bond donors (Lipinski definition) is 2. The molecule has 1 aromatic carbocycles. The number of benzene rings is 1. The van der Waals surface area contributed by atoms with Crippen LogP contribution in [-0.4, -0.2) is 32.3 Å². The summed E-state index contributed by atoms with van der Waals surface area (Å²) in [4.78, 5) is 11.7. The van der Waals surface area contributed by atoms with Crippen LogP contribution in [0, 0.1) is 5.92 Å². The molecule has 104 valence electrons. The van der Waals surface area contributed by atoms with Gasteiger partial charge < -0.3 is 20.5 Å². The maximum absolute atomic E-state index is 11.7. The van der Waals surface area contributed by atoms with Crippen LogP contribution in [0.25, 0.3) is 0 Å². The number of carbonyl (C=O) groups is 1. The minimum Gasteiger partial charge on any atom is -0.397 e. The second kappa shape index (κ2) is 7.11. The highest BCUT2D eigenvalue weighted by Crippen LogP contribution is 2.17. The lowest BCUT2D eigenvalue weighted by atomic mass is 10.1. The SMILES string of the molecule is Nc1ccccc1NC(=O)CCOCC1CCOC1. The zero-order chi connectivity index (χ0) is 13.5. The van der Waals surface area contributed by atoms with E-state index in [1.54, 1.807) is 12.1 Å². The highest BCUT2D eigenvalue weighted by Gasteiger charge is 2.15. The Hall–Kier alpha value is -1.59. The predicted octanol–water partition coefficient (Wildman–Crippen LogP) is 1.65. The summed E-state index contributed by atoms with van der Waals surface area (Å²) in [5, 5.41) is 2.77. The zero-order valence-corrected chi connectivity index (χ0v) is 10.9. The smallest absolute Gasteiger partial charge is 0.226 e. The summed E-state index contributed by atoms with van der Waals surface area (Å²) in [5.41, 5.74) is 6.97. The number of nitrogens with one attached hydrogen (secondary N) is 1. The van der Waals surface area contributed by atoms with Crippen molar-refractivity contribution < 1.29 is 14.3 Å². The third kappa shape index (κ3) is 4.54. The summed E-state index contributed by atoms with van der Waals surface area (Å²) in [6.45, 7) is 2.68. The second-order valence-corrected chi connectivity index (χ2v) is 4.69. The van der Waals surface area contributed by atoms with Gasteiger partial charge in [-0.2, -0.15) is 0 Å². The first-order valence-electron chi connectivity index (χ1n) is 6.55. The summed E-state index contributed by atoms with van der Waals surface area (Å²) < 4.78 is 10.7. The Kier molecular flexibility index (Phi) is 5.18. The third-order valence-corrected chi connectivity index (χ3v) is 3.09. The maximum Gasteiger partial charge on any atom is 0.226 e. The van der Waals surface area contributed by atoms with Crippen molar-refractivity contribution in [3.63, 3.8) is 0 Å². The molecule has 19 heavy (non-hydrogen) atoms. The van der Waals surface area contributed by atoms with Crippen molar-refractivity contribution >= 4 is 17.3 Å². The van der Waals surface area contributed by atoms with Gasteiger partial charge >= 0.3 is 0 Å². The molecular formula is C14H20N2O3. The van der Waals surface area contributed by atoms with E-state index in [1.165, 1.54) is 0 Å². The number of ether oxygens (including phenoxy) is 2. The molecule has 0 spiro atoms. The van der Waals surface area contributed by atoms with Crippen LogP contribution in [0.1, 0.15) is 12.8 Å². The van der Waals surface area contributed by atoms with E-state index >= 15 is 0 Å². The fourth-order valence-corrected chi connectivity index (χ4v) is 1.95. The van der Waals surface area contributed by atoms with Crippen LogP contribution >= 0.6 is 0 Å². The third-order valence-electron chi connectivity index (χ3n) is 3.09.